The number of benzene rings is 3. The fourth-order valence-electron chi connectivity index (χ4n) is 3.02. The highest BCUT2D eigenvalue weighted by Gasteiger charge is 2.19. The predicted molar refractivity (Wildman–Crippen MR) is 108 cm³/mol. The Kier molecular flexibility index (Phi) is 6.31. The van der Waals surface area contributed by atoms with E-state index in [0.717, 1.165) is 27.8 Å². The molecule has 0 fully saturated rings. The smallest absolute Gasteiger partial charge is 0.261 e. The maximum atomic E-state index is 12.7. The first kappa shape index (κ1) is 18.8. The van der Waals surface area contributed by atoms with Crippen molar-refractivity contribution in [1.82, 2.24) is 5.32 Å². The summed E-state index contributed by atoms with van der Waals surface area (Å²) >= 11 is 0. The summed E-state index contributed by atoms with van der Waals surface area (Å²) in [5.41, 5.74) is 0.952. The van der Waals surface area contributed by atoms with Gasteiger partial charge in [0.25, 0.3) is 5.91 Å². The maximum absolute atomic E-state index is 12.7. The molecule has 0 aliphatic rings. The van der Waals surface area contributed by atoms with Gasteiger partial charge in [-0.15, -0.1) is 0 Å². The van der Waals surface area contributed by atoms with Gasteiger partial charge in [0.05, 0.1) is 6.61 Å². The van der Waals surface area contributed by atoms with Crippen LogP contribution >= 0.6 is 0 Å². The minimum Gasteiger partial charge on any atom is -0.494 e. The quantitative estimate of drug-likeness (QED) is 0.630. The Morgan fingerprint density at radius 3 is 2.44 bits per heavy atom. The average molecular weight is 363 g/mol. The lowest BCUT2D eigenvalue weighted by atomic mass is 10.1. The summed E-state index contributed by atoms with van der Waals surface area (Å²) in [5.74, 6) is 1.39. The highest BCUT2D eigenvalue weighted by Crippen LogP contribution is 2.26. The molecule has 0 aromatic heterocycles. The van der Waals surface area contributed by atoms with Gasteiger partial charge in [-0.1, -0.05) is 61.5 Å². The van der Waals surface area contributed by atoms with Gasteiger partial charge < -0.3 is 14.8 Å². The molecule has 0 radical (unpaired) electrons. The normalized spacial score (nSPS) is 11.8. The Balaban J connectivity index is 1.69. The number of para-hydroxylation sites is 1. The number of rotatable bonds is 8. The molecule has 4 heteroatoms. The van der Waals surface area contributed by atoms with Crippen molar-refractivity contribution in [3.05, 3.63) is 72.3 Å². The zero-order chi connectivity index (χ0) is 19.1. The third-order valence-electron chi connectivity index (χ3n) is 4.41. The number of amides is 1. The van der Waals surface area contributed by atoms with Crippen molar-refractivity contribution < 1.29 is 14.3 Å². The van der Waals surface area contributed by atoms with Crippen molar-refractivity contribution in [3.63, 3.8) is 0 Å². The first-order chi connectivity index (χ1) is 13.2. The van der Waals surface area contributed by atoms with Crippen molar-refractivity contribution in [1.29, 1.82) is 0 Å². The van der Waals surface area contributed by atoms with E-state index in [-0.39, 0.29) is 5.91 Å². The largest absolute Gasteiger partial charge is 0.494 e. The number of carbonyl (C=O) groups excluding carboxylic acids is 1. The van der Waals surface area contributed by atoms with Crippen LogP contribution in [-0.2, 0) is 11.3 Å². The number of nitrogens with one attached hydrogen (secondary N) is 1. The second kappa shape index (κ2) is 9.08. The first-order valence-corrected chi connectivity index (χ1v) is 9.35. The number of hydrogen-bond donors (Lipinski definition) is 1. The van der Waals surface area contributed by atoms with E-state index in [2.05, 4.69) is 5.32 Å². The molecule has 0 saturated heterocycles. The number of carbonyl (C=O) groups is 1. The number of fused-ring (bicyclic) bond motifs is 1. The highest BCUT2D eigenvalue weighted by atomic mass is 16.5. The molecular weight excluding hydrogens is 338 g/mol. The Morgan fingerprint density at radius 2 is 1.63 bits per heavy atom. The van der Waals surface area contributed by atoms with Crippen molar-refractivity contribution >= 4 is 16.7 Å². The summed E-state index contributed by atoms with van der Waals surface area (Å²) in [6.07, 6.45) is 0.0392. The molecule has 3 rings (SSSR count). The van der Waals surface area contributed by atoms with Gasteiger partial charge in [-0.05, 0) is 30.9 Å². The van der Waals surface area contributed by atoms with Crippen molar-refractivity contribution in [2.45, 2.75) is 32.9 Å². The molecule has 1 amide bonds. The van der Waals surface area contributed by atoms with Gasteiger partial charge >= 0.3 is 0 Å². The number of hydrogen-bond acceptors (Lipinski definition) is 3. The molecular formula is C23H25NO3. The minimum atomic E-state index is -0.546. The fourth-order valence-corrected chi connectivity index (χ4v) is 3.02. The molecule has 0 aliphatic carbocycles. The van der Waals surface area contributed by atoms with Crippen LogP contribution in [0.3, 0.4) is 0 Å². The van der Waals surface area contributed by atoms with E-state index >= 15 is 0 Å². The van der Waals surface area contributed by atoms with E-state index in [9.17, 15) is 4.79 Å². The van der Waals surface area contributed by atoms with Crippen LogP contribution in [0, 0.1) is 0 Å². The lowest BCUT2D eigenvalue weighted by Gasteiger charge is -2.19. The summed E-state index contributed by atoms with van der Waals surface area (Å²) in [5, 5.41) is 5.07. The van der Waals surface area contributed by atoms with Crippen molar-refractivity contribution in [3.8, 4) is 11.5 Å². The summed E-state index contributed by atoms with van der Waals surface area (Å²) in [7, 11) is 0. The molecule has 3 aromatic carbocycles. The Bertz CT molecular complexity index is 902. The van der Waals surface area contributed by atoms with Crippen LogP contribution in [0.4, 0.5) is 0 Å². The van der Waals surface area contributed by atoms with Crippen LogP contribution in [0.5, 0.6) is 11.5 Å². The van der Waals surface area contributed by atoms with E-state index in [1.807, 2.05) is 80.6 Å². The summed E-state index contributed by atoms with van der Waals surface area (Å²) in [6, 6.07) is 21.6. The van der Waals surface area contributed by atoms with E-state index in [1.54, 1.807) is 0 Å². The van der Waals surface area contributed by atoms with Crippen LogP contribution in [-0.4, -0.2) is 18.6 Å². The Hall–Kier alpha value is -3.01. The first-order valence-electron chi connectivity index (χ1n) is 9.35. The molecule has 4 nitrogen and oxygen atoms in total. The van der Waals surface area contributed by atoms with Crippen LogP contribution in [0.25, 0.3) is 10.8 Å². The monoisotopic (exact) mass is 363 g/mol. The zero-order valence-electron chi connectivity index (χ0n) is 15.8. The van der Waals surface area contributed by atoms with E-state index in [4.69, 9.17) is 9.47 Å². The van der Waals surface area contributed by atoms with Gasteiger partial charge in [-0.3, -0.25) is 4.79 Å². The third-order valence-corrected chi connectivity index (χ3v) is 4.41. The fraction of sp³-hybridized carbons (Fsp3) is 0.261. The van der Waals surface area contributed by atoms with Gasteiger partial charge in [0.2, 0.25) is 0 Å². The minimum absolute atomic E-state index is 0.128. The Labute approximate surface area is 160 Å². The molecule has 1 N–H and O–H groups in total. The van der Waals surface area contributed by atoms with Gasteiger partial charge in [0.1, 0.15) is 11.5 Å². The van der Waals surface area contributed by atoms with Crippen molar-refractivity contribution in [2.75, 3.05) is 6.61 Å². The SMILES string of the molecule is CCOc1ccccc1CNC(=O)C(CC)Oc1cccc2ccccc12. The Morgan fingerprint density at radius 1 is 0.926 bits per heavy atom. The molecule has 0 aliphatic heterocycles. The summed E-state index contributed by atoms with van der Waals surface area (Å²) < 4.78 is 11.7. The highest BCUT2D eigenvalue weighted by molar-refractivity contribution is 5.89. The van der Waals surface area contributed by atoms with E-state index < -0.39 is 6.10 Å². The molecule has 1 atom stereocenters. The molecule has 3 aromatic rings. The lowest BCUT2D eigenvalue weighted by molar-refractivity contribution is -0.128. The van der Waals surface area contributed by atoms with Gasteiger partial charge in [0.15, 0.2) is 6.10 Å². The molecule has 140 valence electrons. The molecule has 0 saturated carbocycles. The summed E-state index contributed by atoms with van der Waals surface area (Å²) in [4.78, 5) is 12.7. The standard InChI is InChI=1S/C23H25NO3/c1-3-20(27-22-15-9-12-17-10-5-7-13-19(17)22)23(25)24-16-18-11-6-8-14-21(18)26-4-2/h5-15,20H,3-4,16H2,1-2H3,(H,24,25). The molecule has 0 spiro atoms. The topological polar surface area (TPSA) is 47.6 Å². The molecule has 0 heterocycles. The second-order valence-corrected chi connectivity index (χ2v) is 6.25. The van der Waals surface area contributed by atoms with E-state index in [0.29, 0.717) is 19.6 Å². The molecule has 27 heavy (non-hydrogen) atoms. The van der Waals surface area contributed by atoms with Crippen molar-refractivity contribution in [2.24, 2.45) is 0 Å². The van der Waals surface area contributed by atoms with Gasteiger partial charge in [0, 0.05) is 17.5 Å². The lowest BCUT2D eigenvalue weighted by Crippen LogP contribution is -2.37. The van der Waals surface area contributed by atoms with Crippen LogP contribution in [0.1, 0.15) is 25.8 Å². The molecule has 1 unspecified atom stereocenters. The molecule has 0 bridgehead atoms. The van der Waals surface area contributed by atoms with Crippen LogP contribution in [0.15, 0.2) is 66.7 Å². The van der Waals surface area contributed by atoms with Gasteiger partial charge in [-0.2, -0.15) is 0 Å². The third kappa shape index (κ3) is 4.59. The van der Waals surface area contributed by atoms with Gasteiger partial charge in [-0.25, -0.2) is 0 Å². The summed E-state index contributed by atoms with van der Waals surface area (Å²) in [6.45, 7) is 4.89. The average Bonchev–Trinajstić information content (AvgIpc) is 2.71. The maximum Gasteiger partial charge on any atom is 0.261 e. The van der Waals surface area contributed by atoms with Crippen LogP contribution < -0.4 is 14.8 Å². The predicted octanol–water partition coefficient (Wildman–Crippen LogP) is 4.71. The van der Waals surface area contributed by atoms with Crippen LogP contribution in [0.2, 0.25) is 0 Å². The number of ether oxygens (including phenoxy) is 2. The zero-order valence-corrected chi connectivity index (χ0v) is 15.8. The van der Waals surface area contributed by atoms with E-state index in [1.165, 1.54) is 0 Å². The second-order valence-electron chi connectivity index (χ2n) is 6.25.